The Kier molecular flexibility index (Phi) is 3.51. The van der Waals surface area contributed by atoms with Crippen LogP contribution in [0.15, 0.2) is 23.1 Å². The van der Waals surface area contributed by atoms with Crippen molar-refractivity contribution in [1.29, 1.82) is 0 Å². The number of hydrogen-bond donors (Lipinski definition) is 2. The molecule has 0 spiro atoms. The van der Waals surface area contributed by atoms with E-state index in [2.05, 4.69) is 5.32 Å². The first kappa shape index (κ1) is 12.5. The molecular weight excluding hydrogens is 234 g/mol. The minimum atomic E-state index is -4.41. The highest BCUT2D eigenvalue weighted by Gasteiger charge is 2.17. The van der Waals surface area contributed by atoms with E-state index in [1.807, 2.05) is 0 Å². The normalized spacial score (nSPS) is 10.9. The third-order valence-corrected chi connectivity index (χ3v) is 2.67. The van der Waals surface area contributed by atoms with Gasteiger partial charge >= 0.3 is 0 Å². The predicted octanol–water partition coefficient (Wildman–Crippen LogP) is 0.900. The van der Waals surface area contributed by atoms with E-state index in [0.29, 0.717) is 0 Å². The molecule has 16 heavy (non-hydrogen) atoms. The summed E-state index contributed by atoms with van der Waals surface area (Å²) in [5.74, 6) is -0.170. The van der Waals surface area contributed by atoms with E-state index in [-0.39, 0.29) is 11.4 Å². The van der Waals surface area contributed by atoms with Crippen LogP contribution in [0.3, 0.4) is 0 Å². The topological polar surface area (TPSA) is 92.7 Å². The van der Waals surface area contributed by atoms with Crippen LogP contribution < -0.4 is 10.1 Å². The summed E-state index contributed by atoms with van der Waals surface area (Å²) in [6, 6.07) is 3.93. The molecule has 88 valence electrons. The van der Waals surface area contributed by atoms with Crippen molar-refractivity contribution in [2.75, 3.05) is 12.4 Å². The molecule has 0 aliphatic carbocycles. The Hall–Kier alpha value is -1.60. The Balaban J connectivity index is 3.33. The van der Waals surface area contributed by atoms with Gasteiger partial charge in [0.25, 0.3) is 10.1 Å². The maximum atomic E-state index is 11.1. The van der Waals surface area contributed by atoms with E-state index >= 15 is 0 Å². The number of carbonyl (C=O) groups excluding carboxylic acids is 1. The van der Waals surface area contributed by atoms with Gasteiger partial charge in [0.2, 0.25) is 5.91 Å². The molecule has 0 aromatic heterocycles. The lowest BCUT2D eigenvalue weighted by atomic mass is 10.3. The molecule has 0 fully saturated rings. The van der Waals surface area contributed by atoms with Crippen molar-refractivity contribution in [2.24, 2.45) is 0 Å². The SMILES string of the molecule is COc1ccc(NC(C)=O)c(S(=O)(=O)O)c1. The van der Waals surface area contributed by atoms with Crippen molar-refractivity contribution >= 4 is 21.7 Å². The van der Waals surface area contributed by atoms with Crippen LogP contribution in [-0.4, -0.2) is 26.0 Å². The number of methoxy groups -OCH3 is 1. The fourth-order valence-corrected chi connectivity index (χ4v) is 1.80. The van der Waals surface area contributed by atoms with Crippen LogP contribution in [0, 0.1) is 0 Å². The van der Waals surface area contributed by atoms with Crippen LogP contribution in [0.5, 0.6) is 5.75 Å². The zero-order chi connectivity index (χ0) is 12.3. The molecule has 1 aromatic carbocycles. The Labute approximate surface area is 93.0 Å². The van der Waals surface area contributed by atoms with Gasteiger partial charge in [-0.2, -0.15) is 8.42 Å². The molecule has 1 amide bonds. The number of amides is 1. The molecule has 0 aliphatic rings. The maximum absolute atomic E-state index is 11.1. The molecule has 7 heteroatoms. The monoisotopic (exact) mass is 245 g/mol. The second kappa shape index (κ2) is 4.50. The van der Waals surface area contributed by atoms with Gasteiger partial charge in [-0.05, 0) is 12.1 Å². The first-order chi connectivity index (χ1) is 7.34. The summed E-state index contributed by atoms with van der Waals surface area (Å²) in [4.78, 5) is 10.4. The van der Waals surface area contributed by atoms with Gasteiger partial charge in [-0.25, -0.2) is 0 Å². The zero-order valence-electron chi connectivity index (χ0n) is 8.72. The number of hydrogen-bond acceptors (Lipinski definition) is 4. The summed E-state index contributed by atoms with van der Waals surface area (Å²) >= 11 is 0. The number of benzene rings is 1. The van der Waals surface area contributed by atoms with Crippen LogP contribution in [0.1, 0.15) is 6.92 Å². The Bertz CT molecular complexity index is 509. The molecule has 0 atom stereocenters. The maximum Gasteiger partial charge on any atom is 0.296 e. The fourth-order valence-electron chi connectivity index (χ4n) is 1.14. The first-order valence-electron chi connectivity index (χ1n) is 4.27. The molecule has 1 rings (SSSR count). The Morgan fingerprint density at radius 1 is 1.44 bits per heavy atom. The molecular formula is C9H11NO5S. The predicted molar refractivity (Wildman–Crippen MR) is 57.1 cm³/mol. The summed E-state index contributed by atoms with van der Waals surface area (Å²) in [6.45, 7) is 1.23. The van der Waals surface area contributed by atoms with E-state index in [1.54, 1.807) is 0 Å². The van der Waals surface area contributed by atoms with Gasteiger partial charge in [-0.3, -0.25) is 9.35 Å². The molecule has 0 heterocycles. The Morgan fingerprint density at radius 2 is 2.06 bits per heavy atom. The van der Waals surface area contributed by atoms with Gasteiger partial charge < -0.3 is 10.1 Å². The molecule has 0 bridgehead atoms. The highest BCUT2D eigenvalue weighted by atomic mass is 32.2. The molecule has 0 unspecified atom stereocenters. The van der Waals surface area contributed by atoms with Gasteiger partial charge in [0.15, 0.2) is 0 Å². The van der Waals surface area contributed by atoms with Crippen LogP contribution >= 0.6 is 0 Å². The zero-order valence-corrected chi connectivity index (χ0v) is 9.54. The molecule has 6 nitrogen and oxygen atoms in total. The summed E-state index contributed by atoms with van der Waals surface area (Å²) in [5.41, 5.74) is 0.0100. The minimum absolute atomic E-state index is 0.0100. The van der Waals surface area contributed by atoms with Crippen molar-refractivity contribution in [3.05, 3.63) is 18.2 Å². The van der Waals surface area contributed by atoms with E-state index in [4.69, 9.17) is 9.29 Å². The average Bonchev–Trinajstić information content (AvgIpc) is 2.15. The number of rotatable bonds is 3. The quantitative estimate of drug-likeness (QED) is 0.772. The highest BCUT2D eigenvalue weighted by molar-refractivity contribution is 7.86. The van der Waals surface area contributed by atoms with Crippen molar-refractivity contribution in [1.82, 2.24) is 0 Å². The van der Waals surface area contributed by atoms with Gasteiger partial charge in [0.05, 0.1) is 12.8 Å². The Morgan fingerprint density at radius 3 is 2.50 bits per heavy atom. The van der Waals surface area contributed by atoms with Gasteiger partial charge in [-0.1, -0.05) is 0 Å². The molecule has 0 saturated carbocycles. The van der Waals surface area contributed by atoms with Gasteiger partial charge in [0, 0.05) is 13.0 Å². The lowest BCUT2D eigenvalue weighted by Gasteiger charge is -2.09. The van der Waals surface area contributed by atoms with Gasteiger partial charge in [-0.15, -0.1) is 0 Å². The van der Waals surface area contributed by atoms with E-state index in [1.165, 1.54) is 26.2 Å². The summed E-state index contributed by atoms with van der Waals surface area (Å²) in [6.07, 6.45) is 0. The smallest absolute Gasteiger partial charge is 0.296 e. The van der Waals surface area contributed by atoms with Crippen LogP contribution in [0.4, 0.5) is 5.69 Å². The second-order valence-corrected chi connectivity index (χ2v) is 4.41. The third kappa shape index (κ3) is 2.94. The largest absolute Gasteiger partial charge is 0.497 e. The van der Waals surface area contributed by atoms with Crippen molar-refractivity contribution in [3.8, 4) is 5.75 Å². The third-order valence-electron chi connectivity index (χ3n) is 1.78. The first-order valence-corrected chi connectivity index (χ1v) is 5.71. The molecule has 0 aliphatic heterocycles. The number of anilines is 1. The summed E-state index contributed by atoms with van der Waals surface area (Å²) in [5, 5.41) is 2.30. The van der Waals surface area contributed by atoms with Crippen LogP contribution in [0.2, 0.25) is 0 Å². The van der Waals surface area contributed by atoms with E-state index in [9.17, 15) is 13.2 Å². The average molecular weight is 245 g/mol. The summed E-state index contributed by atoms with van der Waals surface area (Å²) in [7, 11) is -3.04. The second-order valence-electron chi connectivity index (χ2n) is 3.02. The van der Waals surface area contributed by atoms with Crippen molar-refractivity contribution < 1.29 is 22.5 Å². The summed E-state index contributed by atoms with van der Waals surface area (Å²) < 4.78 is 35.9. The minimum Gasteiger partial charge on any atom is -0.497 e. The standard InChI is InChI=1S/C9H11NO5S/c1-6(11)10-8-4-3-7(15-2)5-9(8)16(12,13)14/h3-5H,1-2H3,(H,10,11)(H,12,13,14). The van der Waals surface area contributed by atoms with Gasteiger partial charge in [0.1, 0.15) is 10.6 Å². The highest BCUT2D eigenvalue weighted by Crippen LogP contribution is 2.26. The molecule has 0 saturated heterocycles. The molecule has 0 radical (unpaired) electrons. The van der Waals surface area contributed by atoms with E-state index in [0.717, 1.165) is 6.07 Å². The number of nitrogens with one attached hydrogen (secondary N) is 1. The van der Waals surface area contributed by atoms with Crippen molar-refractivity contribution in [2.45, 2.75) is 11.8 Å². The fraction of sp³-hybridized carbons (Fsp3) is 0.222. The lowest BCUT2D eigenvalue weighted by Crippen LogP contribution is -2.10. The van der Waals surface area contributed by atoms with E-state index < -0.39 is 20.9 Å². The lowest BCUT2D eigenvalue weighted by molar-refractivity contribution is -0.114. The molecule has 2 N–H and O–H groups in total. The van der Waals surface area contributed by atoms with Crippen LogP contribution in [-0.2, 0) is 14.9 Å². The van der Waals surface area contributed by atoms with Crippen molar-refractivity contribution in [3.63, 3.8) is 0 Å². The molecule has 1 aromatic rings. The van der Waals surface area contributed by atoms with Crippen LogP contribution in [0.25, 0.3) is 0 Å². The number of carbonyl (C=O) groups is 1. The number of ether oxygens (including phenoxy) is 1.